The van der Waals surface area contributed by atoms with Gasteiger partial charge in [-0.2, -0.15) is 0 Å². The SMILES string of the molecule is O=C1c2ccccc2C(CCCl)CN1CCCN1C(=O)c2ccccc2C1=O. The molecule has 0 aliphatic carbocycles. The maximum absolute atomic E-state index is 12.8. The van der Waals surface area contributed by atoms with Gasteiger partial charge in [0.25, 0.3) is 17.7 Å². The average Bonchev–Trinajstić information content (AvgIpc) is 2.96. The van der Waals surface area contributed by atoms with Crippen LogP contribution in [-0.2, 0) is 0 Å². The molecule has 1 atom stereocenters. The molecule has 0 radical (unpaired) electrons. The molecule has 2 aliphatic rings. The van der Waals surface area contributed by atoms with Crippen molar-refractivity contribution in [1.29, 1.82) is 0 Å². The summed E-state index contributed by atoms with van der Waals surface area (Å²) < 4.78 is 0. The second-order valence-electron chi connectivity index (χ2n) is 7.17. The summed E-state index contributed by atoms with van der Waals surface area (Å²) in [5.74, 6) is 0.247. The molecule has 0 bridgehead atoms. The van der Waals surface area contributed by atoms with Gasteiger partial charge in [-0.3, -0.25) is 19.3 Å². The van der Waals surface area contributed by atoms with E-state index in [4.69, 9.17) is 11.6 Å². The van der Waals surface area contributed by atoms with E-state index in [2.05, 4.69) is 0 Å². The van der Waals surface area contributed by atoms with E-state index >= 15 is 0 Å². The molecule has 28 heavy (non-hydrogen) atoms. The van der Waals surface area contributed by atoms with Gasteiger partial charge in [0.05, 0.1) is 11.1 Å². The Kier molecular flexibility index (Phi) is 5.18. The van der Waals surface area contributed by atoms with Crippen LogP contribution >= 0.6 is 11.6 Å². The highest BCUT2D eigenvalue weighted by Crippen LogP contribution is 2.31. The first-order valence-corrected chi connectivity index (χ1v) is 10.0. The highest BCUT2D eigenvalue weighted by atomic mass is 35.5. The lowest BCUT2D eigenvalue weighted by Gasteiger charge is -2.34. The molecule has 2 aromatic carbocycles. The second-order valence-corrected chi connectivity index (χ2v) is 7.55. The molecule has 1 unspecified atom stereocenters. The van der Waals surface area contributed by atoms with Gasteiger partial charge < -0.3 is 4.90 Å². The number of carbonyl (C=O) groups excluding carboxylic acids is 3. The molecule has 2 aliphatic heterocycles. The van der Waals surface area contributed by atoms with Crippen molar-refractivity contribution >= 4 is 29.3 Å². The van der Waals surface area contributed by atoms with Crippen LogP contribution in [0.3, 0.4) is 0 Å². The van der Waals surface area contributed by atoms with Crippen LogP contribution in [0.25, 0.3) is 0 Å². The first kappa shape index (κ1) is 18.7. The number of imide groups is 1. The standard InChI is InChI=1S/C22H21ClN2O3/c23-11-10-15-14-24(20(26)17-7-2-1-6-16(15)17)12-5-13-25-21(27)18-8-3-4-9-19(18)22(25)28/h1-4,6-9,15H,5,10-14H2. The van der Waals surface area contributed by atoms with E-state index in [0.29, 0.717) is 43.1 Å². The van der Waals surface area contributed by atoms with E-state index in [-0.39, 0.29) is 23.6 Å². The maximum Gasteiger partial charge on any atom is 0.261 e. The zero-order chi connectivity index (χ0) is 19.7. The lowest BCUT2D eigenvalue weighted by Crippen LogP contribution is -2.42. The smallest absolute Gasteiger partial charge is 0.261 e. The predicted molar refractivity (Wildman–Crippen MR) is 107 cm³/mol. The van der Waals surface area contributed by atoms with Gasteiger partial charge in [-0.05, 0) is 36.6 Å². The largest absolute Gasteiger partial charge is 0.338 e. The quantitative estimate of drug-likeness (QED) is 0.554. The van der Waals surface area contributed by atoms with Crippen LogP contribution < -0.4 is 0 Å². The van der Waals surface area contributed by atoms with Crippen molar-refractivity contribution in [3.05, 3.63) is 70.8 Å². The summed E-state index contributed by atoms with van der Waals surface area (Å²) in [5.41, 5.74) is 2.70. The van der Waals surface area contributed by atoms with Crippen molar-refractivity contribution in [2.45, 2.75) is 18.8 Å². The van der Waals surface area contributed by atoms with Crippen molar-refractivity contribution in [1.82, 2.24) is 9.80 Å². The number of fused-ring (bicyclic) bond motifs is 2. The number of carbonyl (C=O) groups is 3. The summed E-state index contributed by atoms with van der Waals surface area (Å²) in [5, 5.41) is 0. The molecule has 3 amide bonds. The highest BCUT2D eigenvalue weighted by molar-refractivity contribution is 6.21. The molecular weight excluding hydrogens is 376 g/mol. The summed E-state index contributed by atoms with van der Waals surface area (Å²) in [4.78, 5) is 40.9. The zero-order valence-corrected chi connectivity index (χ0v) is 16.2. The van der Waals surface area contributed by atoms with Crippen molar-refractivity contribution in [3.8, 4) is 0 Å². The van der Waals surface area contributed by atoms with Crippen molar-refractivity contribution < 1.29 is 14.4 Å². The Morgan fingerprint density at radius 1 is 0.821 bits per heavy atom. The summed E-state index contributed by atoms with van der Waals surface area (Å²) in [6, 6.07) is 14.6. The molecule has 0 N–H and O–H groups in total. The van der Waals surface area contributed by atoms with E-state index in [9.17, 15) is 14.4 Å². The number of benzene rings is 2. The van der Waals surface area contributed by atoms with Gasteiger partial charge in [-0.1, -0.05) is 30.3 Å². The second kappa shape index (κ2) is 7.76. The van der Waals surface area contributed by atoms with E-state index in [1.807, 2.05) is 29.2 Å². The monoisotopic (exact) mass is 396 g/mol. The molecule has 144 valence electrons. The average molecular weight is 397 g/mol. The number of halogens is 1. The molecule has 5 nitrogen and oxygen atoms in total. The van der Waals surface area contributed by atoms with Crippen LogP contribution in [0.5, 0.6) is 0 Å². The molecule has 0 aromatic heterocycles. The Balaban J connectivity index is 1.43. The van der Waals surface area contributed by atoms with E-state index < -0.39 is 0 Å². The Morgan fingerprint density at radius 3 is 2.07 bits per heavy atom. The number of amides is 3. The Hall–Kier alpha value is -2.66. The maximum atomic E-state index is 12.8. The first-order chi connectivity index (χ1) is 13.6. The number of alkyl halides is 1. The third kappa shape index (κ3) is 3.20. The third-order valence-corrected chi connectivity index (χ3v) is 5.72. The fourth-order valence-electron chi connectivity index (χ4n) is 4.10. The van der Waals surface area contributed by atoms with Gasteiger partial charge in [0.2, 0.25) is 0 Å². The van der Waals surface area contributed by atoms with Gasteiger partial charge in [0.15, 0.2) is 0 Å². The Labute approximate surface area is 168 Å². The van der Waals surface area contributed by atoms with E-state index in [1.54, 1.807) is 24.3 Å². The summed E-state index contributed by atoms with van der Waals surface area (Å²) in [6.07, 6.45) is 1.35. The molecule has 6 heteroatoms. The zero-order valence-electron chi connectivity index (χ0n) is 15.4. The van der Waals surface area contributed by atoms with Crippen LogP contribution in [0, 0.1) is 0 Å². The lowest BCUT2D eigenvalue weighted by atomic mass is 9.87. The van der Waals surface area contributed by atoms with Gasteiger partial charge in [-0.15, -0.1) is 11.6 Å². The number of hydrogen-bond donors (Lipinski definition) is 0. The lowest BCUT2D eigenvalue weighted by molar-refractivity contribution is 0.0637. The molecule has 0 saturated heterocycles. The molecule has 0 spiro atoms. The van der Waals surface area contributed by atoms with Gasteiger partial charge in [0.1, 0.15) is 0 Å². The van der Waals surface area contributed by atoms with Gasteiger partial charge >= 0.3 is 0 Å². The molecule has 4 rings (SSSR count). The minimum Gasteiger partial charge on any atom is -0.338 e. The van der Waals surface area contributed by atoms with E-state index in [0.717, 1.165) is 17.5 Å². The Morgan fingerprint density at radius 2 is 1.43 bits per heavy atom. The van der Waals surface area contributed by atoms with Crippen molar-refractivity contribution in [3.63, 3.8) is 0 Å². The summed E-state index contributed by atoms with van der Waals surface area (Å²) >= 11 is 5.97. The van der Waals surface area contributed by atoms with Crippen LogP contribution in [0.4, 0.5) is 0 Å². The van der Waals surface area contributed by atoms with Crippen molar-refractivity contribution in [2.75, 3.05) is 25.5 Å². The molecule has 2 aromatic rings. The van der Waals surface area contributed by atoms with E-state index in [1.165, 1.54) is 4.90 Å². The number of rotatable bonds is 6. The Bertz CT molecular complexity index is 908. The molecular formula is C22H21ClN2O3. The van der Waals surface area contributed by atoms with Crippen molar-refractivity contribution in [2.24, 2.45) is 0 Å². The topological polar surface area (TPSA) is 57.7 Å². The summed E-state index contributed by atoms with van der Waals surface area (Å²) in [6.45, 7) is 1.42. The van der Waals surface area contributed by atoms with Crippen LogP contribution in [0.15, 0.2) is 48.5 Å². The fraction of sp³-hybridized carbons (Fsp3) is 0.318. The fourth-order valence-corrected chi connectivity index (χ4v) is 4.36. The highest BCUT2D eigenvalue weighted by Gasteiger charge is 2.35. The first-order valence-electron chi connectivity index (χ1n) is 9.51. The molecule has 2 heterocycles. The molecule has 0 fully saturated rings. The van der Waals surface area contributed by atoms with Crippen LogP contribution in [0.1, 0.15) is 55.4 Å². The predicted octanol–water partition coefficient (Wildman–Crippen LogP) is 3.54. The van der Waals surface area contributed by atoms with Crippen LogP contribution in [-0.4, -0.2) is 53.0 Å². The minimum absolute atomic E-state index is 0.00350. The number of hydrogen-bond acceptors (Lipinski definition) is 3. The van der Waals surface area contributed by atoms with Gasteiger partial charge in [-0.25, -0.2) is 0 Å². The normalized spacial score (nSPS) is 18.5. The number of nitrogens with zero attached hydrogens (tertiary/aromatic N) is 2. The van der Waals surface area contributed by atoms with Crippen LogP contribution in [0.2, 0.25) is 0 Å². The summed E-state index contributed by atoms with van der Waals surface area (Å²) in [7, 11) is 0. The minimum atomic E-state index is -0.254. The third-order valence-electron chi connectivity index (χ3n) is 5.50. The molecule has 0 saturated carbocycles. The van der Waals surface area contributed by atoms with Gasteiger partial charge in [0, 0.05) is 37.0 Å².